The third-order valence-electron chi connectivity index (χ3n) is 8.44. The lowest BCUT2D eigenvalue weighted by atomic mass is 9.88. The smallest absolute Gasteiger partial charge is 0.333 e. The molecule has 1 atom stereocenters. The van der Waals surface area contributed by atoms with Crippen LogP contribution in [0, 0.1) is 5.92 Å². The Bertz CT molecular complexity index is 1300. The Morgan fingerprint density at radius 1 is 1.02 bits per heavy atom. The maximum atomic E-state index is 13.9. The lowest BCUT2D eigenvalue weighted by molar-refractivity contribution is -0.143. The molecule has 0 spiro atoms. The Labute approximate surface area is 231 Å². The van der Waals surface area contributed by atoms with E-state index < -0.39 is 29.5 Å². The van der Waals surface area contributed by atoms with Gasteiger partial charge in [0.2, 0.25) is 18.5 Å². The van der Waals surface area contributed by atoms with Gasteiger partial charge in [-0.1, -0.05) is 49.6 Å². The van der Waals surface area contributed by atoms with E-state index in [1.54, 1.807) is 31.3 Å². The molecular weight excluding hydrogens is 521 g/mol. The molecule has 2 aromatic carbocycles. The standard InChI is InChI=1S/C30H33F3N4O3/c1-36-24-12-6-5-11-23(24)25(20-13-15-22(16-14-20)30(31,32)33)34-26(28(36)40)37(19-38)29(17-7-8-18-29)35-27(39)21-9-3-2-4-10-21/h5-6,11-16,19,21,26H,2-4,7-10,17-18H2,1H3,(H,35,39). The molecule has 10 heteroatoms. The normalized spacial score (nSPS) is 21.3. The van der Waals surface area contributed by atoms with Gasteiger partial charge in [-0.2, -0.15) is 13.2 Å². The number of carbonyl (C=O) groups is 3. The van der Waals surface area contributed by atoms with E-state index >= 15 is 0 Å². The van der Waals surface area contributed by atoms with Gasteiger partial charge in [0.05, 0.1) is 17.0 Å². The number of nitrogens with zero attached hydrogens (tertiary/aromatic N) is 3. The molecule has 40 heavy (non-hydrogen) atoms. The molecule has 2 aromatic rings. The topological polar surface area (TPSA) is 82.1 Å². The fourth-order valence-electron chi connectivity index (χ4n) is 6.23. The summed E-state index contributed by atoms with van der Waals surface area (Å²) in [5.41, 5.74) is -0.127. The van der Waals surface area contributed by atoms with Crippen molar-refractivity contribution in [2.24, 2.45) is 10.9 Å². The Hall–Kier alpha value is -3.69. The quantitative estimate of drug-likeness (QED) is 0.390. The number of aliphatic imine (C=N–C) groups is 1. The first-order valence-electron chi connectivity index (χ1n) is 13.8. The SMILES string of the molecule is CN1C(=O)C(N(C=O)C2(NC(=O)C3CCCCC3)CCCC2)N=C(c2ccc(C(F)(F)F)cc2)c2ccccc21. The summed E-state index contributed by atoms with van der Waals surface area (Å²) < 4.78 is 39.8. The van der Waals surface area contributed by atoms with E-state index in [9.17, 15) is 27.6 Å². The van der Waals surface area contributed by atoms with Gasteiger partial charge in [-0.05, 0) is 56.7 Å². The number of benzodiazepines with no additional fused rings is 1. The van der Waals surface area contributed by atoms with Crippen LogP contribution in [0.25, 0.3) is 0 Å². The van der Waals surface area contributed by atoms with Crippen molar-refractivity contribution < 1.29 is 27.6 Å². The lowest BCUT2D eigenvalue weighted by Crippen LogP contribution is -2.64. The Morgan fingerprint density at radius 2 is 1.68 bits per heavy atom. The van der Waals surface area contributed by atoms with Crippen LogP contribution in [0.15, 0.2) is 53.5 Å². The fraction of sp³-hybridized carbons (Fsp3) is 0.467. The van der Waals surface area contributed by atoms with Crippen molar-refractivity contribution in [1.82, 2.24) is 10.2 Å². The number of likely N-dealkylation sites (N-methyl/N-ethyl adjacent to an activating group) is 1. The van der Waals surface area contributed by atoms with Crippen LogP contribution in [-0.2, 0) is 20.6 Å². The van der Waals surface area contributed by atoms with E-state index in [-0.39, 0.29) is 11.8 Å². The molecule has 2 aliphatic carbocycles. The molecule has 1 aliphatic heterocycles. The Kier molecular flexibility index (Phi) is 7.70. The van der Waals surface area contributed by atoms with Crippen LogP contribution < -0.4 is 10.2 Å². The molecular formula is C30H33F3N4O3. The molecule has 7 nitrogen and oxygen atoms in total. The highest BCUT2D eigenvalue weighted by Gasteiger charge is 2.48. The van der Waals surface area contributed by atoms with Gasteiger partial charge in [-0.25, -0.2) is 4.99 Å². The summed E-state index contributed by atoms with van der Waals surface area (Å²) >= 11 is 0. The van der Waals surface area contributed by atoms with Crippen LogP contribution in [0.1, 0.15) is 74.5 Å². The Morgan fingerprint density at radius 3 is 2.30 bits per heavy atom. The van der Waals surface area contributed by atoms with Crippen molar-refractivity contribution in [2.75, 3.05) is 11.9 Å². The number of carbonyl (C=O) groups excluding carboxylic acids is 3. The van der Waals surface area contributed by atoms with Crippen LogP contribution in [0.5, 0.6) is 0 Å². The van der Waals surface area contributed by atoms with Gasteiger partial charge in [0, 0.05) is 24.1 Å². The summed E-state index contributed by atoms with van der Waals surface area (Å²) in [6.45, 7) is 0. The first-order chi connectivity index (χ1) is 19.1. The average molecular weight is 555 g/mol. The minimum Gasteiger partial charge on any atom is -0.333 e. The predicted octanol–water partition coefficient (Wildman–Crippen LogP) is 5.27. The minimum atomic E-state index is -4.50. The van der Waals surface area contributed by atoms with E-state index in [0.717, 1.165) is 57.1 Å². The molecule has 1 heterocycles. The summed E-state index contributed by atoms with van der Waals surface area (Å²) in [7, 11) is 1.59. The molecule has 0 radical (unpaired) electrons. The van der Waals surface area contributed by atoms with Crippen molar-refractivity contribution in [3.63, 3.8) is 0 Å². The molecule has 1 N–H and O–H groups in total. The number of hydrogen-bond donors (Lipinski definition) is 1. The van der Waals surface area contributed by atoms with Gasteiger partial charge in [-0.3, -0.25) is 19.3 Å². The first kappa shape index (κ1) is 27.9. The third kappa shape index (κ3) is 5.23. The highest BCUT2D eigenvalue weighted by Crippen LogP contribution is 2.38. The van der Waals surface area contributed by atoms with Crippen molar-refractivity contribution >= 4 is 29.6 Å². The zero-order valence-electron chi connectivity index (χ0n) is 22.4. The average Bonchev–Trinajstić information content (AvgIpc) is 3.39. The van der Waals surface area contributed by atoms with E-state index in [1.165, 1.54) is 21.9 Å². The molecule has 0 saturated heterocycles. The van der Waals surface area contributed by atoms with Gasteiger partial charge in [0.1, 0.15) is 5.66 Å². The summed E-state index contributed by atoms with van der Waals surface area (Å²) in [5.74, 6) is -0.722. The number of para-hydroxylation sites is 1. The number of nitrogens with one attached hydrogen (secondary N) is 1. The zero-order chi connectivity index (χ0) is 28.5. The van der Waals surface area contributed by atoms with E-state index in [2.05, 4.69) is 5.32 Å². The lowest BCUT2D eigenvalue weighted by Gasteiger charge is -2.43. The molecule has 2 fully saturated rings. The largest absolute Gasteiger partial charge is 0.416 e. The van der Waals surface area contributed by atoms with Crippen LogP contribution in [0.4, 0.5) is 18.9 Å². The molecule has 0 aromatic heterocycles. The number of halogens is 3. The summed E-state index contributed by atoms with van der Waals surface area (Å²) in [4.78, 5) is 47.6. The van der Waals surface area contributed by atoms with Crippen LogP contribution in [0.3, 0.4) is 0 Å². The van der Waals surface area contributed by atoms with Crippen molar-refractivity contribution in [1.29, 1.82) is 0 Å². The minimum absolute atomic E-state index is 0.113. The van der Waals surface area contributed by atoms with E-state index in [4.69, 9.17) is 4.99 Å². The van der Waals surface area contributed by atoms with Gasteiger partial charge < -0.3 is 10.2 Å². The van der Waals surface area contributed by atoms with Crippen molar-refractivity contribution in [3.05, 3.63) is 65.2 Å². The van der Waals surface area contributed by atoms with Crippen LogP contribution in [0.2, 0.25) is 0 Å². The van der Waals surface area contributed by atoms with E-state index in [1.807, 2.05) is 0 Å². The molecule has 2 saturated carbocycles. The molecule has 5 rings (SSSR count). The fourth-order valence-corrected chi connectivity index (χ4v) is 6.23. The molecule has 1 unspecified atom stereocenters. The number of hydrogen-bond acceptors (Lipinski definition) is 4. The highest BCUT2D eigenvalue weighted by atomic mass is 19.4. The van der Waals surface area contributed by atoms with Crippen LogP contribution >= 0.6 is 0 Å². The summed E-state index contributed by atoms with van der Waals surface area (Å²) in [6.07, 6.45) is 1.89. The number of fused-ring (bicyclic) bond motifs is 1. The van der Waals surface area contributed by atoms with Crippen molar-refractivity contribution in [3.8, 4) is 0 Å². The summed E-state index contributed by atoms with van der Waals surface area (Å²) in [6, 6.07) is 11.6. The van der Waals surface area contributed by atoms with Crippen molar-refractivity contribution in [2.45, 2.75) is 75.8 Å². The van der Waals surface area contributed by atoms with Gasteiger partial charge in [0.15, 0.2) is 0 Å². The van der Waals surface area contributed by atoms with Crippen LogP contribution in [-0.4, -0.2) is 47.7 Å². The number of amides is 3. The summed E-state index contributed by atoms with van der Waals surface area (Å²) in [5, 5.41) is 3.16. The second kappa shape index (κ2) is 11.1. The zero-order valence-corrected chi connectivity index (χ0v) is 22.4. The third-order valence-corrected chi connectivity index (χ3v) is 8.44. The maximum Gasteiger partial charge on any atom is 0.416 e. The number of anilines is 1. The number of alkyl halides is 3. The molecule has 212 valence electrons. The number of rotatable bonds is 6. The number of benzene rings is 2. The monoisotopic (exact) mass is 554 g/mol. The van der Waals surface area contributed by atoms with Gasteiger partial charge in [0.25, 0.3) is 5.91 Å². The second-order valence-electron chi connectivity index (χ2n) is 10.9. The first-order valence-corrected chi connectivity index (χ1v) is 13.8. The predicted molar refractivity (Wildman–Crippen MR) is 145 cm³/mol. The molecule has 3 aliphatic rings. The second-order valence-corrected chi connectivity index (χ2v) is 10.9. The van der Waals surface area contributed by atoms with Gasteiger partial charge in [-0.15, -0.1) is 0 Å². The van der Waals surface area contributed by atoms with E-state index in [0.29, 0.717) is 41.8 Å². The molecule has 3 amide bonds. The maximum absolute atomic E-state index is 13.9. The molecule has 0 bridgehead atoms. The Balaban J connectivity index is 1.58. The van der Waals surface area contributed by atoms with Gasteiger partial charge >= 0.3 is 6.18 Å². The highest BCUT2D eigenvalue weighted by molar-refractivity contribution is 6.20.